The number of aromatic nitrogens is 4. The van der Waals surface area contributed by atoms with Gasteiger partial charge in [0, 0.05) is 36.8 Å². The number of phosphoric acid groups is 1. The van der Waals surface area contributed by atoms with Crippen molar-refractivity contribution in [3.05, 3.63) is 60.7 Å². The van der Waals surface area contributed by atoms with Gasteiger partial charge >= 0.3 is 7.82 Å². The number of benzene rings is 2. The number of hydrogen-bond acceptors (Lipinski definition) is 10. The lowest BCUT2D eigenvalue weighted by Gasteiger charge is -2.37. The fraction of sp³-hybridized carbons (Fsp3) is 0.379. The number of hydrogen-bond donors (Lipinski definition) is 4. The fourth-order valence-electron chi connectivity index (χ4n) is 4.98. The standard InChI is InChI=1S/C29H34F2N7O7P/c1-43-25-13-21-24(14-26(25)44-11-4-9-37(20-5-2-6-20)10-12-45-46(40,41)42)32-18-33-29(21)35-19-15-34-38(16-19)17-27(39)36-23-8-3-7-22(30)28(23)31/h3,7-8,13-16,18,20H,2,4-6,9-12,17H2,1H3,(H,36,39)(H,32,33,35)(H2,40,41,42). The molecule has 1 saturated carbocycles. The van der Waals surface area contributed by atoms with Crippen LogP contribution in [-0.4, -0.2) is 79.8 Å². The van der Waals surface area contributed by atoms with Crippen molar-refractivity contribution in [1.82, 2.24) is 24.6 Å². The number of nitrogens with zero attached hydrogens (tertiary/aromatic N) is 5. The van der Waals surface area contributed by atoms with Crippen LogP contribution >= 0.6 is 7.82 Å². The van der Waals surface area contributed by atoms with Gasteiger partial charge < -0.3 is 29.9 Å². The van der Waals surface area contributed by atoms with Gasteiger partial charge in [-0.2, -0.15) is 5.10 Å². The van der Waals surface area contributed by atoms with E-state index in [1.54, 1.807) is 18.3 Å². The third-order valence-electron chi connectivity index (χ3n) is 7.42. The van der Waals surface area contributed by atoms with Crippen LogP contribution in [0.4, 0.5) is 26.0 Å². The van der Waals surface area contributed by atoms with Gasteiger partial charge in [0.15, 0.2) is 23.1 Å². The zero-order chi connectivity index (χ0) is 32.7. The molecule has 5 rings (SSSR count). The van der Waals surface area contributed by atoms with Crippen molar-refractivity contribution in [3.8, 4) is 11.5 Å². The summed E-state index contributed by atoms with van der Waals surface area (Å²) in [5.74, 6) is -1.38. The van der Waals surface area contributed by atoms with Crippen molar-refractivity contribution in [2.45, 2.75) is 38.3 Å². The Bertz CT molecular complexity index is 1720. The van der Waals surface area contributed by atoms with Crippen LogP contribution in [0.15, 0.2) is 49.1 Å². The van der Waals surface area contributed by atoms with Crippen LogP contribution in [0.1, 0.15) is 25.7 Å². The van der Waals surface area contributed by atoms with E-state index in [0.29, 0.717) is 66.1 Å². The summed E-state index contributed by atoms with van der Waals surface area (Å²) in [5.41, 5.74) is 0.844. The molecule has 1 amide bonds. The fourth-order valence-corrected chi connectivity index (χ4v) is 5.30. The molecule has 1 fully saturated rings. The maximum Gasteiger partial charge on any atom is 0.469 e. The number of carbonyl (C=O) groups is 1. The Labute approximate surface area is 262 Å². The number of rotatable bonds is 16. The summed E-state index contributed by atoms with van der Waals surface area (Å²) >= 11 is 0. The van der Waals surface area contributed by atoms with Crippen molar-refractivity contribution >= 4 is 41.8 Å². The molecule has 1 aliphatic rings. The van der Waals surface area contributed by atoms with E-state index >= 15 is 0 Å². The van der Waals surface area contributed by atoms with Gasteiger partial charge in [0.1, 0.15) is 18.7 Å². The van der Waals surface area contributed by atoms with Crippen LogP contribution < -0.4 is 20.1 Å². The van der Waals surface area contributed by atoms with E-state index in [4.69, 9.17) is 19.3 Å². The molecule has 2 aromatic heterocycles. The Morgan fingerprint density at radius 2 is 1.98 bits per heavy atom. The number of phosphoric ester groups is 1. The first-order chi connectivity index (χ1) is 22.1. The van der Waals surface area contributed by atoms with Crippen LogP contribution in [-0.2, 0) is 20.4 Å². The molecule has 46 heavy (non-hydrogen) atoms. The molecular formula is C29H34F2N7O7P. The summed E-state index contributed by atoms with van der Waals surface area (Å²) in [5, 5.41) is 10.3. The van der Waals surface area contributed by atoms with Gasteiger partial charge in [-0.3, -0.25) is 18.9 Å². The highest BCUT2D eigenvalue weighted by molar-refractivity contribution is 7.46. The Hall–Kier alpha value is -4.21. The highest BCUT2D eigenvalue weighted by Crippen LogP contribution is 2.36. The topological polar surface area (TPSA) is 173 Å². The Morgan fingerprint density at radius 1 is 1.15 bits per heavy atom. The molecule has 0 spiro atoms. The first-order valence-electron chi connectivity index (χ1n) is 14.5. The lowest BCUT2D eigenvalue weighted by molar-refractivity contribution is -0.116. The normalized spacial score (nSPS) is 13.5. The predicted molar refractivity (Wildman–Crippen MR) is 164 cm³/mol. The molecular weight excluding hydrogens is 627 g/mol. The van der Waals surface area contributed by atoms with Gasteiger partial charge in [-0.25, -0.2) is 23.3 Å². The average molecular weight is 662 g/mol. The average Bonchev–Trinajstić information content (AvgIpc) is 3.42. The molecule has 246 valence electrons. The van der Waals surface area contributed by atoms with Crippen molar-refractivity contribution in [3.63, 3.8) is 0 Å². The van der Waals surface area contributed by atoms with Crippen molar-refractivity contribution < 1.29 is 41.9 Å². The maximum absolute atomic E-state index is 13.9. The molecule has 17 heteroatoms. The van der Waals surface area contributed by atoms with E-state index in [1.807, 2.05) is 0 Å². The smallest absolute Gasteiger partial charge is 0.469 e. The van der Waals surface area contributed by atoms with E-state index in [-0.39, 0.29) is 18.8 Å². The van der Waals surface area contributed by atoms with Crippen molar-refractivity contribution in [2.75, 3.05) is 44.0 Å². The quantitative estimate of drug-likeness (QED) is 0.0996. The van der Waals surface area contributed by atoms with E-state index in [0.717, 1.165) is 25.3 Å². The summed E-state index contributed by atoms with van der Waals surface area (Å²) in [6.07, 6.45) is 8.33. The molecule has 0 unspecified atom stereocenters. The maximum atomic E-state index is 13.9. The van der Waals surface area contributed by atoms with Crippen molar-refractivity contribution in [1.29, 1.82) is 0 Å². The molecule has 2 aromatic carbocycles. The minimum absolute atomic E-state index is 0.0515. The van der Waals surface area contributed by atoms with E-state index < -0.39 is 25.4 Å². The molecule has 0 saturated heterocycles. The van der Waals surface area contributed by atoms with Gasteiger partial charge in [0.2, 0.25) is 5.91 Å². The molecule has 2 heterocycles. The second kappa shape index (κ2) is 14.9. The lowest BCUT2D eigenvalue weighted by atomic mass is 9.91. The van der Waals surface area contributed by atoms with Crippen LogP contribution in [0, 0.1) is 11.6 Å². The number of fused-ring (bicyclic) bond motifs is 1. The van der Waals surface area contributed by atoms with E-state index in [2.05, 4.69) is 35.1 Å². The van der Waals surface area contributed by atoms with Gasteiger partial charge in [0.25, 0.3) is 0 Å². The summed E-state index contributed by atoms with van der Waals surface area (Å²) in [6, 6.07) is 7.38. The number of amides is 1. The third-order valence-corrected chi connectivity index (χ3v) is 7.94. The zero-order valence-corrected chi connectivity index (χ0v) is 25.8. The van der Waals surface area contributed by atoms with Gasteiger partial charge in [0.05, 0.1) is 43.4 Å². The first-order valence-corrected chi connectivity index (χ1v) is 16.1. The van der Waals surface area contributed by atoms with Gasteiger partial charge in [-0.1, -0.05) is 12.5 Å². The number of carbonyl (C=O) groups excluding carboxylic acids is 1. The second-order valence-electron chi connectivity index (χ2n) is 10.6. The van der Waals surface area contributed by atoms with Crippen molar-refractivity contribution in [2.24, 2.45) is 0 Å². The van der Waals surface area contributed by atoms with Crippen LogP contribution in [0.2, 0.25) is 0 Å². The Balaban J connectivity index is 1.19. The van der Waals surface area contributed by atoms with Crippen LogP contribution in [0.25, 0.3) is 10.9 Å². The molecule has 0 radical (unpaired) electrons. The molecule has 14 nitrogen and oxygen atoms in total. The molecule has 1 aliphatic carbocycles. The monoisotopic (exact) mass is 661 g/mol. The van der Waals surface area contributed by atoms with Gasteiger partial charge in [-0.15, -0.1) is 0 Å². The number of halogens is 2. The summed E-state index contributed by atoms with van der Waals surface area (Å²) in [4.78, 5) is 41.2. The molecule has 4 N–H and O–H groups in total. The second-order valence-corrected chi connectivity index (χ2v) is 11.8. The number of methoxy groups -OCH3 is 1. The largest absolute Gasteiger partial charge is 0.493 e. The number of anilines is 3. The third kappa shape index (κ3) is 8.73. The molecule has 0 bridgehead atoms. The number of nitrogens with one attached hydrogen (secondary N) is 2. The highest BCUT2D eigenvalue weighted by Gasteiger charge is 2.25. The van der Waals surface area contributed by atoms with Crippen LogP contribution in [0.5, 0.6) is 11.5 Å². The SMILES string of the molecule is COc1cc2c(Nc3cnn(CC(=O)Nc4cccc(F)c4F)c3)ncnc2cc1OCCCN(CCOP(=O)(O)O)C1CCC1. The van der Waals surface area contributed by atoms with Gasteiger partial charge in [-0.05, 0) is 37.5 Å². The lowest BCUT2D eigenvalue weighted by Crippen LogP contribution is -2.42. The summed E-state index contributed by atoms with van der Waals surface area (Å²) in [7, 11) is -2.98. The Kier molecular flexibility index (Phi) is 10.8. The highest BCUT2D eigenvalue weighted by atomic mass is 31.2. The minimum atomic E-state index is -4.50. The molecule has 0 aliphatic heterocycles. The predicted octanol–water partition coefficient (Wildman–Crippen LogP) is 4.23. The summed E-state index contributed by atoms with van der Waals surface area (Å²) < 4.78 is 56.0. The minimum Gasteiger partial charge on any atom is -0.493 e. The van der Waals surface area contributed by atoms with E-state index in [1.165, 1.54) is 36.4 Å². The Morgan fingerprint density at radius 3 is 2.72 bits per heavy atom. The van der Waals surface area contributed by atoms with E-state index in [9.17, 15) is 18.1 Å². The first kappa shape index (κ1) is 33.2. The molecule has 4 aromatic rings. The number of ether oxygens (including phenoxy) is 2. The molecule has 0 atom stereocenters. The summed E-state index contributed by atoms with van der Waals surface area (Å²) in [6.45, 7) is 1.18. The zero-order valence-electron chi connectivity index (χ0n) is 24.9. The van der Waals surface area contributed by atoms with Crippen LogP contribution in [0.3, 0.4) is 0 Å².